The zero-order valence-electron chi connectivity index (χ0n) is 23.1. The summed E-state index contributed by atoms with van der Waals surface area (Å²) in [6.07, 6.45) is 2.59. The second kappa shape index (κ2) is 16.1. The van der Waals surface area contributed by atoms with E-state index in [4.69, 9.17) is 0 Å². The molecule has 1 aliphatic rings. The maximum absolute atomic E-state index is 12.8. The molecule has 0 aliphatic carbocycles. The van der Waals surface area contributed by atoms with Gasteiger partial charge in [-0.3, -0.25) is 33.7 Å². The molecular formula is C26H45N5O6. The Balaban J connectivity index is 2.62. The van der Waals surface area contributed by atoms with Gasteiger partial charge < -0.3 is 21.3 Å². The molecule has 0 aromatic carbocycles. The average molecular weight is 524 g/mol. The molecule has 0 aromatic heterocycles. The van der Waals surface area contributed by atoms with Crippen molar-refractivity contribution >= 4 is 35.3 Å². The van der Waals surface area contributed by atoms with Crippen molar-refractivity contribution in [2.75, 3.05) is 20.1 Å². The summed E-state index contributed by atoms with van der Waals surface area (Å²) in [5.74, 6) is -1.57. The summed E-state index contributed by atoms with van der Waals surface area (Å²) >= 11 is 0. The lowest BCUT2D eigenvalue weighted by Crippen LogP contribution is -2.55. The largest absolute Gasteiger partial charge is 0.345 e. The van der Waals surface area contributed by atoms with Crippen LogP contribution in [-0.2, 0) is 28.8 Å². The van der Waals surface area contributed by atoms with E-state index in [2.05, 4.69) is 21.3 Å². The predicted molar refractivity (Wildman–Crippen MR) is 139 cm³/mol. The Morgan fingerprint density at radius 1 is 0.892 bits per heavy atom. The number of unbranched alkanes of at least 4 members (excludes halogenated alkanes) is 1. The normalized spacial score (nSPS) is 16.1. The van der Waals surface area contributed by atoms with E-state index in [-0.39, 0.29) is 61.1 Å². The number of Topliss-reactive ketones (excluding diaryl/α,β-unsaturated/α-hetero) is 1. The Labute approximate surface area is 220 Å². The number of hydrogen-bond donors (Lipinski definition) is 4. The number of likely N-dealkylation sites (tertiary alicyclic amines) is 1. The molecule has 5 amide bonds. The van der Waals surface area contributed by atoms with E-state index in [1.165, 1.54) is 4.90 Å². The summed E-state index contributed by atoms with van der Waals surface area (Å²) in [5.41, 5.74) is 0. The van der Waals surface area contributed by atoms with Crippen molar-refractivity contribution < 1.29 is 28.8 Å². The summed E-state index contributed by atoms with van der Waals surface area (Å²) in [6.45, 7) is 9.38. The highest BCUT2D eigenvalue weighted by Gasteiger charge is 2.29. The van der Waals surface area contributed by atoms with Gasteiger partial charge in [-0.15, -0.1) is 0 Å². The predicted octanol–water partition coefficient (Wildman–Crippen LogP) is 0.661. The molecule has 0 saturated carbocycles. The standard InChI is InChI=1S/C26H45N5O6/c1-7-20(32)18(10-8-9-13-31-22(34)11-12-23(31)35)29-21(33)15-28-25(36)19(14-16(2)3)30-26(37)24(27-6)17(4)5/h16-19,24,27H,7-15H2,1-6H3,(H,28,36)(H,29,33)(H,30,37). The number of nitrogens with zero attached hydrogens (tertiary/aromatic N) is 1. The van der Waals surface area contributed by atoms with Crippen molar-refractivity contribution in [3.63, 3.8) is 0 Å². The Hall–Kier alpha value is -2.82. The van der Waals surface area contributed by atoms with Crippen molar-refractivity contribution in [3.8, 4) is 0 Å². The van der Waals surface area contributed by atoms with Crippen LogP contribution in [0.25, 0.3) is 0 Å². The highest BCUT2D eigenvalue weighted by molar-refractivity contribution is 6.01. The van der Waals surface area contributed by atoms with Gasteiger partial charge in [0.15, 0.2) is 5.78 Å². The summed E-state index contributed by atoms with van der Waals surface area (Å²) < 4.78 is 0. The molecule has 0 bridgehead atoms. The first-order chi connectivity index (χ1) is 17.4. The quantitative estimate of drug-likeness (QED) is 0.161. The molecule has 11 heteroatoms. The molecule has 0 aromatic rings. The van der Waals surface area contributed by atoms with Crippen LogP contribution in [-0.4, -0.2) is 78.5 Å². The number of ketones is 1. The van der Waals surface area contributed by atoms with Gasteiger partial charge in [0.25, 0.3) is 0 Å². The topological polar surface area (TPSA) is 154 Å². The van der Waals surface area contributed by atoms with E-state index in [0.29, 0.717) is 32.2 Å². The molecule has 3 atom stereocenters. The molecule has 37 heavy (non-hydrogen) atoms. The van der Waals surface area contributed by atoms with Gasteiger partial charge >= 0.3 is 0 Å². The molecule has 11 nitrogen and oxygen atoms in total. The number of imide groups is 1. The van der Waals surface area contributed by atoms with Crippen LogP contribution in [0.1, 0.15) is 79.6 Å². The molecular weight excluding hydrogens is 478 g/mol. The number of amides is 5. The summed E-state index contributed by atoms with van der Waals surface area (Å²) in [6, 6.07) is -1.96. The van der Waals surface area contributed by atoms with E-state index >= 15 is 0 Å². The van der Waals surface area contributed by atoms with E-state index < -0.39 is 29.9 Å². The lowest BCUT2D eigenvalue weighted by molar-refractivity contribution is -0.138. The van der Waals surface area contributed by atoms with Crippen LogP contribution in [0.3, 0.4) is 0 Å². The van der Waals surface area contributed by atoms with Crippen LogP contribution in [0.2, 0.25) is 0 Å². The smallest absolute Gasteiger partial charge is 0.243 e. The van der Waals surface area contributed by atoms with Crippen LogP contribution >= 0.6 is 0 Å². The molecule has 1 rings (SSSR count). The van der Waals surface area contributed by atoms with E-state index in [1.54, 1.807) is 14.0 Å². The van der Waals surface area contributed by atoms with Crippen LogP contribution in [0.15, 0.2) is 0 Å². The molecule has 0 spiro atoms. The van der Waals surface area contributed by atoms with Gasteiger partial charge in [0.2, 0.25) is 29.5 Å². The van der Waals surface area contributed by atoms with Crippen molar-refractivity contribution in [2.24, 2.45) is 11.8 Å². The molecule has 3 unspecified atom stereocenters. The molecule has 1 heterocycles. The van der Waals surface area contributed by atoms with Gasteiger partial charge in [0.05, 0.1) is 18.6 Å². The zero-order chi connectivity index (χ0) is 28.1. The number of nitrogens with one attached hydrogen (secondary N) is 4. The summed E-state index contributed by atoms with van der Waals surface area (Å²) in [4.78, 5) is 75.0. The fourth-order valence-electron chi connectivity index (χ4n) is 4.32. The van der Waals surface area contributed by atoms with Gasteiger partial charge in [0.1, 0.15) is 6.04 Å². The van der Waals surface area contributed by atoms with Crippen molar-refractivity contribution in [1.29, 1.82) is 0 Å². The Kier molecular flexibility index (Phi) is 14.0. The van der Waals surface area contributed by atoms with Crippen molar-refractivity contribution in [2.45, 2.75) is 97.7 Å². The zero-order valence-corrected chi connectivity index (χ0v) is 23.1. The summed E-state index contributed by atoms with van der Waals surface area (Å²) in [5, 5.41) is 11.0. The van der Waals surface area contributed by atoms with Gasteiger partial charge in [-0.1, -0.05) is 34.6 Å². The molecule has 1 aliphatic heterocycles. The summed E-state index contributed by atoms with van der Waals surface area (Å²) in [7, 11) is 1.69. The second-order valence-electron chi connectivity index (χ2n) is 10.3. The second-order valence-corrected chi connectivity index (χ2v) is 10.3. The number of hydrogen-bond acceptors (Lipinski definition) is 7. The Morgan fingerprint density at radius 3 is 2.03 bits per heavy atom. The first-order valence-corrected chi connectivity index (χ1v) is 13.3. The fraction of sp³-hybridized carbons (Fsp3) is 0.769. The minimum atomic E-state index is -0.793. The third-order valence-corrected chi connectivity index (χ3v) is 6.38. The van der Waals surface area contributed by atoms with Crippen molar-refractivity contribution in [3.05, 3.63) is 0 Å². The van der Waals surface area contributed by atoms with Gasteiger partial charge in [-0.05, 0) is 44.6 Å². The molecule has 1 fully saturated rings. The SMILES string of the molecule is CCC(=O)C(CCCCN1C(=O)CCC1=O)NC(=O)CNC(=O)C(CC(C)C)NC(=O)C(NC)C(C)C. The van der Waals surface area contributed by atoms with E-state index in [1.807, 2.05) is 27.7 Å². The number of likely N-dealkylation sites (N-methyl/N-ethyl adjacent to an activating group) is 1. The molecule has 4 N–H and O–H groups in total. The van der Waals surface area contributed by atoms with Crippen LogP contribution in [0.5, 0.6) is 0 Å². The lowest BCUT2D eigenvalue weighted by atomic mass is 10.00. The first-order valence-electron chi connectivity index (χ1n) is 13.3. The average Bonchev–Trinajstić information content (AvgIpc) is 3.15. The third-order valence-electron chi connectivity index (χ3n) is 6.38. The Bertz CT molecular complexity index is 812. The van der Waals surface area contributed by atoms with Gasteiger partial charge in [0, 0.05) is 25.8 Å². The Morgan fingerprint density at radius 2 is 1.51 bits per heavy atom. The van der Waals surface area contributed by atoms with E-state index in [0.717, 1.165) is 0 Å². The van der Waals surface area contributed by atoms with Crippen LogP contribution < -0.4 is 21.3 Å². The molecule has 0 radical (unpaired) electrons. The number of carbonyl (C=O) groups excluding carboxylic acids is 6. The van der Waals surface area contributed by atoms with Crippen molar-refractivity contribution in [1.82, 2.24) is 26.2 Å². The fourth-order valence-corrected chi connectivity index (χ4v) is 4.32. The minimum absolute atomic E-state index is 0.0305. The van der Waals surface area contributed by atoms with Gasteiger partial charge in [-0.25, -0.2) is 0 Å². The van der Waals surface area contributed by atoms with Crippen LogP contribution in [0, 0.1) is 11.8 Å². The minimum Gasteiger partial charge on any atom is -0.345 e. The number of carbonyl (C=O) groups is 6. The monoisotopic (exact) mass is 523 g/mol. The van der Waals surface area contributed by atoms with Crippen LogP contribution in [0.4, 0.5) is 0 Å². The number of rotatable bonds is 17. The molecule has 1 saturated heterocycles. The van der Waals surface area contributed by atoms with E-state index in [9.17, 15) is 28.8 Å². The molecule has 210 valence electrons. The van der Waals surface area contributed by atoms with Gasteiger partial charge in [-0.2, -0.15) is 0 Å². The highest BCUT2D eigenvalue weighted by atomic mass is 16.2. The first kappa shape index (κ1) is 32.2. The maximum atomic E-state index is 12.8. The highest BCUT2D eigenvalue weighted by Crippen LogP contribution is 2.14. The maximum Gasteiger partial charge on any atom is 0.243 e. The third kappa shape index (κ3) is 11.0. The lowest BCUT2D eigenvalue weighted by Gasteiger charge is -2.25.